The van der Waals surface area contributed by atoms with E-state index >= 15 is 0 Å². The summed E-state index contributed by atoms with van der Waals surface area (Å²) in [6.45, 7) is 14.7. The average molecular weight is 294 g/mol. The van der Waals surface area contributed by atoms with Crippen LogP contribution in [-0.2, 0) is 4.94 Å². The third-order valence-electron chi connectivity index (χ3n) is 2.40. The molecule has 0 spiro atoms. The lowest BCUT2D eigenvalue weighted by molar-refractivity contribution is -0.170. The number of halogens is 1. The molecule has 0 saturated carbocycles. The molecule has 0 fully saturated rings. The van der Waals surface area contributed by atoms with Crippen LogP contribution in [0.25, 0.3) is 0 Å². The summed E-state index contributed by atoms with van der Waals surface area (Å²) in [5.74, 6) is 0.904. The van der Waals surface area contributed by atoms with Crippen molar-refractivity contribution >= 4 is 0 Å². The minimum Gasteiger partial charge on any atom is -0.331 e. The highest BCUT2D eigenvalue weighted by Gasteiger charge is 1.98. The van der Waals surface area contributed by atoms with Crippen molar-refractivity contribution < 1.29 is 9.47 Å². The summed E-state index contributed by atoms with van der Waals surface area (Å²) in [6.07, 6.45) is 6.35. The van der Waals surface area contributed by atoms with E-state index in [0.717, 1.165) is 25.4 Å². The summed E-state index contributed by atoms with van der Waals surface area (Å²) in [7, 11) is 0. The third-order valence-corrected chi connectivity index (χ3v) is 2.40. The van der Waals surface area contributed by atoms with Crippen molar-refractivity contribution in [2.24, 2.45) is 11.7 Å². The van der Waals surface area contributed by atoms with E-state index in [0.29, 0.717) is 6.54 Å². The van der Waals surface area contributed by atoms with Gasteiger partial charge < -0.3 is 11.1 Å². The molecule has 0 aliphatic heterocycles. The normalized spacial score (nSPS) is 11.2. The fourth-order valence-corrected chi connectivity index (χ4v) is 1.32. The summed E-state index contributed by atoms with van der Waals surface area (Å²) in [6, 6.07) is 0. The Kier molecular flexibility index (Phi) is 29.6. The first kappa shape index (κ1) is 24.8. The van der Waals surface area contributed by atoms with Crippen LogP contribution in [0.4, 0.5) is 4.53 Å². The highest BCUT2D eigenvalue weighted by molar-refractivity contribution is 4.51. The second-order valence-electron chi connectivity index (χ2n) is 5.40. The Balaban J connectivity index is -0.000000243. The fourth-order valence-electron chi connectivity index (χ4n) is 1.32. The molecule has 3 N–H and O–H groups in total. The van der Waals surface area contributed by atoms with Gasteiger partial charge in [-0.3, -0.25) is 0 Å². The summed E-state index contributed by atoms with van der Waals surface area (Å²) in [5, 5.41) is 3.02. The fraction of sp³-hybridized carbons (Fsp3) is 1.00. The summed E-state index contributed by atoms with van der Waals surface area (Å²) in [4.78, 5) is 3.53. The quantitative estimate of drug-likeness (QED) is 0.617. The number of nitrogens with two attached hydrogens (primary N) is 1. The first-order chi connectivity index (χ1) is 9.49. The van der Waals surface area contributed by atoms with Crippen LogP contribution in [0.15, 0.2) is 0 Å². The highest BCUT2D eigenvalue weighted by atomic mass is 19.3. The minimum absolute atomic E-state index is 0.323. The Morgan fingerprint density at radius 1 is 1.05 bits per heavy atom. The van der Waals surface area contributed by atoms with Gasteiger partial charge in [0.1, 0.15) is 6.10 Å². The van der Waals surface area contributed by atoms with Crippen molar-refractivity contribution in [3.8, 4) is 0 Å². The Bertz CT molecular complexity index is 146. The Labute approximate surface area is 126 Å². The average Bonchev–Trinajstić information content (AvgIpc) is 2.40. The van der Waals surface area contributed by atoms with Crippen molar-refractivity contribution in [1.29, 1.82) is 0 Å². The molecule has 1 atom stereocenters. The smallest absolute Gasteiger partial charge is 0.108 e. The number of rotatable bonds is 9. The van der Waals surface area contributed by atoms with Crippen molar-refractivity contribution in [3.05, 3.63) is 0 Å². The van der Waals surface area contributed by atoms with Crippen LogP contribution in [-0.4, -0.2) is 25.7 Å². The van der Waals surface area contributed by atoms with Crippen LogP contribution in [0.1, 0.15) is 73.6 Å². The van der Waals surface area contributed by atoms with Gasteiger partial charge in [0, 0.05) is 6.54 Å². The van der Waals surface area contributed by atoms with Crippen molar-refractivity contribution in [1.82, 2.24) is 5.32 Å². The van der Waals surface area contributed by atoms with E-state index < -0.39 is 0 Å². The van der Waals surface area contributed by atoms with Crippen LogP contribution in [0, 0.1) is 5.92 Å². The van der Waals surface area contributed by atoms with Gasteiger partial charge in [0.25, 0.3) is 0 Å². The van der Waals surface area contributed by atoms with Gasteiger partial charge in [-0.15, -0.1) is 0 Å². The molecule has 1 unspecified atom stereocenters. The van der Waals surface area contributed by atoms with Gasteiger partial charge in [0.05, 0.1) is 0 Å². The van der Waals surface area contributed by atoms with Crippen molar-refractivity contribution in [3.63, 3.8) is 0 Å². The van der Waals surface area contributed by atoms with Crippen LogP contribution in [0.3, 0.4) is 0 Å². The molecule has 0 aromatic heterocycles. The van der Waals surface area contributed by atoms with Crippen LogP contribution in [0.5, 0.6) is 0 Å². The van der Waals surface area contributed by atoms with Crippen LogP contribution >= 0.6 is 0 Å². The van der Waals surface area contributed by atoms with Gasteiger partial charge in [-0.1, -0.05) is 60.3 Å². The SMILES string of the molecule is CCCCCC(C)C.CCCNCC(C)OF.CCN. The van der Waals surface area contributed by atoms with Gasteiger partial charge in [-0.05, 0) is 36.9 Å². The van der Waals surface area contributed by atoms with Gasteiger partial charge in [0.2, 0.25) is 0 Å². The molecule has 0 rings (SSSR count). The molecule has 3 nitrogen and oxygen atoms in total. The molecule has 0 amide bonds. The molecule has 0 radical (unpaired) electrons. The molecular formula is C16H39FN2O. The Hall–Kier alpha value is -0.190. The lowest BCUT2D eigenvalue weighted by Gasteiger charge is -2.05. The van der Waals surface area contributed by atoms with Gasteiger partial charge in [0.15, 0.2) is 0 Å². The van der Waals surface area contributed by atoms with E-state index in [1.807, 2.05) is 6.92 Å². The van der Waals surface area contributed by atoms with Gasteiger partial charge in [-0.25, -0.2) is 0 Å². The molecule has 0 aromatic carbocycles. The Morgan fingerprint density at radius 3 is 1.95 bits per heavy atom. The van der Waals surface area contributed by atoms with Gasteiger partial charge in [-0.2, -0.15) is 4.94 Å². The van der Waals surface area contributed by atoms with E-state index in [1.165, 1.54) is 25.7 Å². The molecule has 0 aromatic rings. The van der Waals surface area contributed by atoms with Crippen molar-refractivity contribution in [2.75, 3.05) is 19.6 Å². The number of unbranched alkanes of at least 4 members (excludes halogenated alkanes) is 2. The third kappa shape index (κ3) is 36.1. The largest absolute Gasteiger partial charge is 0.331 e. The zero-order valence-corrected chi connectivity index (χ0v) is 14.7. The number of nitrogens with one attached hydrogen (secondary N) is 1. The maximum atomic E-state index is 11.3. The molecular weight excluding hydrogens is 255 g/mol. The zero-order chi connectivity index (χ0) is 16.2. The molecule has 0 aliphatic carbocycles. The summed E-state index contributed by atoms with van der Waals surface area (Å²) in [5.41, 5.74) is 4.85. The molecule has 0 heterocycles. The summed E-state index contributed by atoms with van der Waals surface area (Å²) >= 11 is 0. The van der Waals surface area contributed by atoms with E-state index in [1.54, 1.807) is 6.92 Å². The minimum atomic E-state index is -0.323. The second kappa shape index (κ2) is 23.9. The van der Waals surface area contributed by atoms with E-state index in [-0.39, 0.29) is 6.10 Å². The van der Waals surface area contributed by atoms with E-state index in [2.05, 4.69) is 38.0 Å². The topological polar surface area (TPSA) is 47.3 Å². The monoisotopic (exact) mass is 294 g/mol. The molecule has 20 heavy (non-hydrogen) atoms. The van der Waals surface area contributed by atoms with Crippen LogP contribution < -0.4 is 11.1 Å². The van der Waals surface area contributed by atoms with E-state index in [9.17, 15) is 4.53 Å². The highest BCUT2D eigenvalue weighted by Crippen LogP contribution is 2.06. The first-order valence-electron chi connectivity index (χ1n) is 8.18. The molecule has 0 saturated heterocycles. The summed E-state index contributed by atoms with van der Waals surface area (Å²) < 4.78 is 11.3. The van der Waals surface area contributed by atoms with Crippen LogP contribution in [0.2, 0.25) is 0 Å². The lowest BCUT2D eigenvalue weighted by atomic mass is 10.1. The maximum absolute atomic E-state index is 11.3. The number of hydrogen-bond acceptors (Lipinski definition) is 3. The van der Waals surface area contributed by atoms with Crippen molar-refractivity contribution in [2.45, 2.75) is 79.8 Å². The Morgan fingerprint density at radius 2 is 1.60 bits per heavy atom. The predicted octanol–water partition coefficient (Wildman–Crippen LogP) is 4.46. The maximum Gasteiger partial charge on any atom is 0.108 e. The lowest BCUT2D eigenvalue weighted by Crippen LogP contribution is -2.25. The van der Waals surface area contributed by atoms with Gasteiger partial charge >= 0.3 is 0 Å². The molecule has 0 bridgehead atoms. The second-order valence-corrected chi connectivity index (χ2v) is 5.40. The first-order valence-corrected chi connectivity index (χ1v) is 8.18. The number of hydrogen-bond donors (Lipinski definition) is 2. The standard InChI is InChI=1S/C8H18.C6H14FNO.C2H7N/c1-4-5-6-7-8(2)3;1-3-4-8-5-6(2)9-7;1-2-3/h8H,4-7H2,1-3H3;6,8H,3-5H2,1-2H3;2-3H2,1H3. The molecule has 126 valence electrons. The molecule has 0 aliphatic rings. The zero-order valence-electron chi connectivity index (χ0n) is 14.7. The predicted molar refractivity (Wildman–Crippen MR) is 88.5 cm³/mol. The van der Waals surface area contributed by atoms with E-state index in [4.69, 9.17) is 5.73 Å². The molecule has 4 heteroatoms.